The van der Waals surface area contributed by atoms with Gasteiger partial charge in [-0.1, -0.05) is 22.5 Å². The predicted octanol–water partition coefficient (Wildman–Crippen LogP) is 2.91. The summed E-state index contributed by atoms with van der Waals surface area (Å²) >= 11 is 3.38. The molecule has 1 saturated heterocycles. The van der Waals surface area contributed by atoms with Gasteiger partial charge in [0.15, 0.2) is 16.9 Å². The summed E-state index contributed by atoms with van der Waals surface area (Å²) in [6.07, 6.45) is 4.17. The van der Waals surface area contributed by atoms with Gasteiger partial charge in [0.1, 0.15) is 17.7 Å². The molecule has 11 nitrogen and oxygen atoms in total. The van der Waals surface area contributed by atoms with Gasteiger partial charge in [0.05, 0.1) is 11.4 Å². The summed E-state index contributed by atoms with van der Waals surface area (Å²) in [5.74, 6) is -0.570. The Balaban J connectivity index is 1.50. The van der Waals surface area contributed by atoms with Crippen LogP contribution in [0.15, 0.2) is 46.1 Å². The third-order valence-corrected chi connectivity index (χ3v) is 6.03. The number of rotatable bonds is 4. The quantitative estimate of drug-likeness (QED) is 0.398. The normalized spacial score (nSPS) is 16.3. The van der Waals surface area contributed by atoms with Crippen LogP contribution < -0.4 is 11.1 Å². The van der Waals surface area contributed by atoms with E-state index in [1.54, 1.807) is 21.7 Å². The zero-order chi connectivity index (χ0) is 23.1. The lowest BCUT2D eigenvalue weighted by molar-refractivity contribution is -0.127. The molecule has 0 bridgehead atoms. The Bertz CT molecular complexity index is 1410. The number of amides is 2. The van der Waals surface area contributed by atoms with Gasteiger partial charge >= 0.3 is 6.01 Å². The molecule has 1 atom stereocenters. The number of nitrogens with zero attached hydrogens (tertiary/aromatic N) is 6. The third-order valence-electron chi connectivity index (χ3n) is 5.53. The molecule has 5 rings (SSSR count). The van der Waals surface area contributed by atoms with E-state index in [2.05, 4.69) is 47.9 Å². The summed E-state index contributed by atoms with van der Waals surface area (Å²) in [7, 11) is 0. The second-order valence-corrected chi connectivity index (χ2v) is 8.54. The van der Waals surface area contributed by atoms with Crippen molar-refractivity contribution >= 4 is 61.7 Å². The van der Waals surface area contributed by atoms with Crippen LogP contribution in [0.2, 0.25) is 0 Å². The van der Waals surface area contributed by atoms with Crippen molar-refractivity contribution in [2.24, 2.45) is 0 Å². The summed E-state index contributed by atoms with van der Waals surface area (Å²) in [5, 5.41) is 7.52. The molecule has 2 amide bonds. The molecule has 4 heterocycles. The average molecular weight is 511 g/mol. The number of hydrogen-bond donors (Lipinski definition) is 2. The zero-order valence-electron chi connectivity index (χ0n) is 17.4. The van der Waals surface area contributed by atoms with Crippen molar-refractivity contribution in [2.75, 3.05) is 24.1 Å². The topological polar surface area (TPSA) is 145 Å². The maximum absolute atomic E-state index is 13.2. The van der Waals surface area contributed by atoms with Crippen LogP contribution in [0, 0.1) is 0 Å². The highest BCUT2D eigenvalue weighted by Gasteiger charge is 2.29. The van der Waals surface area contributed by atoms with E-state index in [0.29, 0.717) is 35.2 Å². The number of nitrogens with one attached hydrogen (secondary N) is 1. The van der Waals surface area contributed by atoms with Gasteiger partial charge in [-0.25, -0.2) is 14.6 Å². The molecule has 1 aliphatic heterocycles. The molecule has 1 aliphatic rings. The molecule has 1 unspecified atom stereocenters. The summed E-state index contributed by atoms with van der Waals surface area (Å²) in [6.45, 7) is 4.62. The molecule has 0 saturated carbocycles. The van der Waals surface area contributed by atoms with Crippen LogP contribution in [-0.2, 0) is 4.79 Å². The number of likely N-dealkylation sites (tertiary alicyclic amines) is 1. The molecule has 0 radical (unpaired) electrons. The summed E-state index contributed by atoms with van der Waals surface area (Å²) < 4.78 is 8.11. The van der Waals surface area contributed by atoms with Gasteiger partial charge in [0.2, 0.25) is 5.91 Å². The number of aromatic nitrogens is 5. The molecule has 12 heteroatoms. The summed E-state index contributed by atoms with van der Waals surface area (Å²) in [4.78, 5) is 39.6. The lowest BCUT2D eigenvalue weighted by Crippen LogP contribution is -2.40. The SMILES string of the molecule is C=CC(=O)N1CCCC(n2nc(C(=O)Nc3nc4cc(Br)ccc4o3)c3c(N)ncnc32)C1. The molecular formula is C21H19BrN8O3. The lowest BCUT2D eigenvalue weighted by atomic mass is 10.1. The van der Waals surface area contributed by atoms with E-state index < -0.39 is 5.91 Å². The van der Waals surface area contributed by atoms with Crippen LogP contribution in [0.3, 0.4) is 0 Å². The van der Waals surface area contributed by atoms with Gasteiger partial charge in [-0.2, -0.15) is 10.1 Å². The van der Waals surface area contributed by atoms with Crippen molar-refractivity contribution < 1.29 is 14.0 Å². The van der Waals surface area contributed by atoms with Crippen LogP contribution in [0.1, 0.15) is 29.4 Å². The third kappa shape index (κ3) is 3.82. The number of nitrogen functional groups attached to an aromatic ring is 1. The van der Waals surface area contributed by atoms with Gasteiger partial charge in [0.25, 0.3) is 5.91 Å². The number of oxazole rings is 1. The van der Waals surface area contributed by atoms with Crippen LogP contribution in [0.5, 0.6) is 0 Å². The number of carbonyl (C=O) groups is 2. The Labute approximate surface area is 195 Å². The number of nitrogens with two attached hydrogens (primary N) is 1. The van der Waals surface area contributed by atoms with Gasteiger partial charge < -0.3 is 15.1 Å². The fourth-order valence-electron chi connectivity index (χ4n) is 4.00. The van der Waals surface area contributed by atoms with Crippen LogP contribution >= 0.6 is 15.9 Å². The highest BCUT2D eigenvalue weighted by molar-refractivity contribution is 9.10. The first kappa shape index (κ1) is 21.1. The molecule has 1 fully saturated rings. The number of piperidine rings is 1. The standard InChI is InChI=1S/C21H19BrN8O3/c1-2-15(31)29-7-3-4-12(9-29)30-19-16(18(23)24-10-25-19)17(28-30)20(32)27-21-26-13-8-11(22)5-6-14(13)33-21/h2,5-6,8,10,12H,1,3-4,7,9H2,(H2,23,24,25)(H,26,27,32). The molecule has 4 aromatic rings. The van der Waals surface area contributed by atoms with Gasteiger partial charge in [-0.15, -0.1) is 0 Å². The Morgan fingerprint density at radius 2 is 2.18 bits per heavy atom. The maximum atomic E-state index is 13.2. The van der Waals surface area contributed by atoms with Gasteiger partial charge in [0, 0.05) is 17.6 Å². The number of fused-ring (bicyclic) bond motifs is 2. The largest absolute Gasteiger partial charge is 0.423 e. The monoisotopic (exact) mass is 510 g/mol. The second-order valence-electron chi connectivity index (χ2n) is 7.62. The number of anilines is 2. The van der Waals surface area contributed by atoms with Gasteiger partial charge in [-0.05, 0) is 37.1 Å². The summed E-state index contributed by atoms with van der Waals surface area (Å²) in [5.41, 5.74) is 7.70. The van der Waals surface area contributed by atoms with E-state index in [4.69, 9.17) is 10.2 Å². The number of benzene rings is 1. The van der Waals surface area contributed by atoms with Crippen molar-refractivity contribution in [1.82, 2.24) is 29.6 Å². The zero-order valence-corrected chi connectivity index (χ0v) is 18.9. The van der Waals surface area contributed by atoms with E-state index in [1.165, 1.54) is 12.4 Å². The van der Waals surface area contributed by atoms with E-state index in [9.17, 15) is 9.59 Å². The first-order valence-corrected chi connectivity index (χ1v) is 11.0. The molecule has 168 valence electrons. The fraction of sp³-hybridized carbons (Fsp3) is 0.238. The van der Waals surface area contributed by atoms with Crippen LogP contribution in [0.25, 0.3) is 22.1 Å². The molecule has 0 aliphatic carbocycles. The van der Waals surface area contributed by atoms with Crippen molar-refractivity contribution in [3.05, 3.63) is 47.3 Å². The fourth-order valence-corrected chi connectivity index (χ4v) is 4.35. The van der Waals surface area contributed by atoms with Crippen molar-refractivity contribution in [1.29, 1.82) is 0 Å². The molecule has 3 aromatic heterocycles. The second kappa shape index (κ2) is 8.28. The van der Waals surface area contributed by atoms with Crippen LogP contribution in [-0.4, -0.2) is 54.5 Å². The average Bonchev–Trinajstić information content (AvgIpc) is 3.40. The smallest absolute Gasteiger partial charge is 0.302 e. The minimum absolute atomic E-state index is 0.0339. The first-order chi connectivity index (χ1) is 15.9. The highest BCUT2D eigenvalue weighted by Crippen LogP contribution is 2.29. The van der Waals surface area contributed by atoms with Crippen LogP contribution in [0.4, 0.5) is 11.8 Å². The highest BCUT2D eigenvalue weighted by atomic mass is 79.9. The van der Waals surface area contributed by atoms with Crippen molar-refractivity contribution in [3.63, 3.8) is 0 Å². The first-order valence-electron chi connectivity index (χ1n) is 10.2. The van der Waals surface area contributed by atoms with Gasteiger partial charge in [-0.3, -0.25) is 14.9 Å². The Hall–Kier alpha value is -3.80. The number of carbonyl (C=O) groups excluding carboxylic acids is 2. The molecule has 3 N–H and O–H groups in total. The molecule has 1 aromatic carbocycles. The number of halogens is 1. The molecular weight excluding hydrogens is 492 g/mol. The maximum Gasteiger partial charge on any atom is 0.302 e. The van der Waals surface area contributed by atoms with Crippen molar-refractivity contribution in [3.8, 4) is 0 Å². The van der Waals surface area contributed by atoms with E-state index in [1.807, 2.05) is 6.07 Å². The minimum Gasteiger partial charge on any atom is -0.423 e. The van der Waals surface area contributed by atoms with E-state index in [0.717, 1.165) is 17.3 Å². The van der Waals surface area contributed by atoms with E-state index in [-0.39, 0.29) is 29.5 Å². The van der Waals surface area contributed by atoms with Crippen molar-refractivity contribution in [2.45, 2.75) is 18.9 Å². The predicted molar refractivity (Wildman–Crippen MR) is 124 cm³/mol. The summed E-state index contributed by atoms with van der Waals surface area (Å²) in [6, 6.07) is 5.20. The molecule has 33 heavy (non-hydrogen) atoms. The van der Waals surface area contributed by atoms with E-state index >= 15 is 0 Å². The number of hydrogen-bond acceptors (Lipinski definition) is 8. The Kier molecular flexibility index (Phi) is 5.29. The lowest BCUT2D eigenvalue weighted by Gasteiger charge is -2.32. The minimum atomic E-state index is -0.555. The molecule has 0 spiro atoms. The Morgan fingerprint density at radius 3 is 3.00 bits per heavy atom. The Morgan fingerprint density at radius 1 is 1.33 bits per heavy atom.